The molecule has 1 atom stereocenters. The fourth-order valence-electron chi connectivity index (χ4n) is 3.25. The molecule has 1 saturated carbocycles. The minimum Gasteiger partial charge on any atom is -0.464 e. The molecule has 19 heavy (non-hydrogen) atoms. The average molecular weight is 265 g/mol. The summed E-state index contributed by atoms with van der Waals surface area (Å²) in [6, 6.07) is 0.276. The lowest BCUT2D eigenvalue weighted by molar-refractivity contribution is -0.0911. The Morgan fingerprint density at radius 1 is 1.53 bits per heavy atom. The zero-order valence-corrected chi connectivity index (χ0v) is 11.2. The van der Waals surface area contributed by atoms with E-state index in [-0.39, 0.29) is 17.3 Å². The van der Waals surface area contributed by atoms with E-state index in [1.165, 1.54) is 20.0 Å². The number of esters is 1. The Morgan fingerprint density at radius 3 is 3.05 bits per heavy atom. The summed E-state index contributed by atoms with van der Waals surface area (Å²) in [5.74, 6) is -0.436. The van der Waals surface area contributed by atoms with Crippen molar-refractivity contribution in [2.24, 2.45) is 0 Å². The number of carbonyl (C=O) groups is 1. The fraction of sp³-hybridized carbons (Fsp3) is 0.769. The van der Waals surface area contributed by atoms with Crippen molar-refractivity contribution in [3.05, 3.63) is 11.9 Å². The molecule has 0 amide bonds. The van der Waals surface area contributed by atoms with Crippen LogP contribution in [0.15, 0.2) is 6.20 Å². The van der Waals surface area contributed by atoms with Crippen LogP contribution in [0.2, 0.25) is 0 Å². The first kappa shape index (κ1) is 12.6. The van der Waals surface area contributed by atoms with Gasteiger partial charge in [-0.05, 0) is 25.7 Å². The van der Waals surface area contributed by atoms with Crippen molar-refractivity contribution >= 4 is 5.97 Å². The third-order valence-electron chi connectivity index (χ3n) is 4.26. The second-order valence-electron chi connectivity index (χ2n) is 5.46. The summed E-state index contributed by atoms with van der Waals surface area (Å²) in [6.07, 6.45) is 8.35. The van der Waals surface area contributed by atoms with Crippen LogP contribution in [0.25, 0.3) is 0 Å². The molecule has 3 rings (SSSR count). The van der Waals surface area contributed by atoms with Gasteiger partial charge >= 0.3 is 5.97 Å². The van der Waals surface area contributed by atoms with Gasteiger partial charge in [0.1, 0.15) is 0 Å². The Kier molecular flexibility index (Phi) is 3.26. The zero-order chi connectivity index (χ0) is 13.3. The highest BCUT2D eigenvalue weighted by Crippen LogP contribution is 2.43. The number of hydrogen-bond acceptors (Lipinski definition) is 5. The molecule has 1 saturated heterocycles. The van der Waals surface area contributed by atoms with Crippen LogP contribution < -0.4 is 0 Å². The Morgan fingerprint density at radius 2 is 2.32 bits per heavy atom. The number of nitrogens with zero attached hydrogens (tertiary/aromatic N) is 3. The maximum atomic E-state index is 11.4. The molecule has 0 bridgehead atoms. The number of hydrogen-bond donors (Lipinski definition) is 0. The van der Waals surface area contributed by atoms with E-state index in [1.54, 1.807) is 10.9 Å². The molecule has 1 aliphatic heterocycles. The molecule has 6 heteroatoms. The standard InChI is InChI=1S/C13H19N3O3/c1-18-12(17)11-9-16(15-14-11)10-4-7-19-13(8-10)5-2-3-6-13/h9-10H,2-8H2,1H3. The monoisotopic (exact) mass is 265 g/mol. The molecule has 1 aromatic heterocycles. The van der Waals surface area contributed by atoms with Crippen LogP contribution in [-0.2, 0) is 9.47 Å². The predicted octanol–water partition coefficient (Wildman–Crippen LogP) is 1.73. The van der Waals surface area contributed by atoms with E-state index >= 15 is 0 Å². The third kappa shape index (κ3) is 2.36. The minimum absolute atomic E-state index is 0.0420. The van der Waals surface area contributed by atoms with Gasteiger partial charge in [0.2, 0.25) is 0 Å². The molecule has 1 unspecified atom stereocenters. The Balaban J connectivity index is 1.74. The Labute approximate surface area is 112 Å². The van der Waals surface area contributed by atoms with E-state index in [0.717, 1.165) is 32.3 Å². The van der Waals surface area contributed by atoms with Crippen LogP contribution in [0, 0.1) is 0 Å². The maximum Gasteiger partial charge on any atom is 0.360 e. The van der Waals surface area contributed by atoms with E-state index in [4.69, 9.17) is 4.74 Å². The summed E-state index contributed by atoms with van der Waals surface area (Å²) in [5, 5.41) is 7.95. The van der Waals surface area contributed by atoms with Gasteiger partial charge in [-0.1, -0.05) is 18.1 Å². The lowest BCUT2D eigenvalue weighted by Crippen LogP contribution is -2.38. The van der Waals surface area contributed by atoms with Gasteiger partial charge in [0.25, 0.3) is 0 Å². The molecule has 1 aromatic rings. The third-order valence-corrected chi connectivity index (χ3v) is 4.26. The van der Waals surface area contributed by atoms with Gasteiger partial charge in [-0.3, -0.25) is 0 Å². The van der Waals surface area contributed by atoms with Crippen LogP contribution in [0.1, 0.15) is 55.1 Å². The first-order valence-corrected chi connectivity index (χ1v) is 6.87. The van der Waals surface area contributed by atoms with E-state index < -0.39 is 5.97 Å². The van der Waals surface area contributed by atoms with E-state index in [1.807, 2.05) is 0 Å². The SMILES string of the molecule is COC(=O)c1cn(C2CCOC3(CCCC3)C2)nn1. The first-order chi connectivity index (χ1) is 9.22. The average Bonchev–Trinajstić information content (AvgIpc) is 3.08. The fourth-order valence-corrected chi connectivity index (χ4v) is 3.25. The maximum absolute atomic E-state index is 11.4. The van der Waals surface area contributed by atoms with Gasteiger partial charge in [-0.25, -0.2) is 9.48 Å². The van der Waals surface area contributed by atoms with Crippen molar-refractivity contribution in [1.29, 1.82) is 0 Å². The normalized spacial score (nSPS) is 25.6. The van der Waals surface area contributed by atoms with Gasteiger partial charge in [0.05, 0.1) is 24.9 Å². The summed E-state index contributed by atoms with van der Waals surface area (Å²) in [5.41, 5.74) is 0.315. The summed E-state index contributed by atoms with van der Waals surface area (Å²) in [6.45, 7) is 0.762. The smallest absolute Gasteiger partial charge is 0.360 e. The van der Waals surface area contributed by atoms with Gasteiger partial charge < -0.3 is 9.47 Å². The summed E-state index contributed by atoms with van der Waals surface area (Å²) < 4.78 is 12.5. The molecule has 104 valence electrons. The van der Waals surface area contributed by atoms with E-state index in [2.05, 4.69) is 15.0 Å². The second kappa shape index (κ2) is 4.92. The molecule has 1 spiro atoms. The number of ether oxygens (including phenoxy) is 2. The second-order valence-corrected chi connectivity index (χ2v) is 5.46. The molecule has 6 nitrogen and oxygen atoms in total. The predicted molar refractivity (Wildman–Crippen MR) is 66.8 cm³/mol. The van der Waals surface area contributed by atoms with Crippen molar-refractivity contribution in [3.8, 4) is 0 Å². The van der Waals surface area contributed by atoms with Crippen molar-refractivity contribution in [3.63, 3.8) is 0 Å². The van der Waals surface area contributed by atoms with Crippen LogP contribution in [-0.4, -0.2) is 40.3 Å². The van der Waals surface area contributed by atoms with Gasteiger partial charge in [0, 0.05) is 6.61 Å². The number of rotatable bonds is 2. The van der Waals surface area contributed by atoms with Crippen molar-refractivity contribution in [2.45, 2.75) is 50.2 Å². The van der Waals surface area contributed by atoms with Gasteiger partial charge in [-0.15, -0.1) is 5.10 Å². The molecule has 1 aliphatic carbocycles. The summed E-state index contributed by atoms with van der Waals surface area (Å²) >= 11 is 0. The Bertz CT molecular complexity index is 465. The molecule has 2 fully saturated rings. The van der Waals surface area contributed by atoms with Gasteiger partial charge in [-0.2, -0.15) is 0 Å². The minimum atomic E-state index is -0.436. The highest BCUT2D eigenvalue weighted by molar-refractivity contribution is 5.86. The van der Waals surface area contributed by atoms with Crippen molar-refractivity contribution < 1.29 is 14.3 Å². The van der Waals surface area contributed by atoms with Crippen LogP contribution in [0.4, 0.5) is 0 Å². The van der Waals surface area contributed by atoms with Crippen LogP contribution in [0.3, 0.4) is 0 Å². The summed E-state index contributed by atoms with van der Waals surface area (Å²) in [4.78, 5) is 11.4. The molecular weight excluding hydrogens is 246 g/mol. The zero-order valence-electron chi connectivity index (χ0n) is 11.2. The highest BCUT2D eigenvalue weighted by Gasteiger charge is 2.40. The molecule has 0 aromatic carbocycles. The van der Waals surface area contributed by atoms with Crippen molar-refractivity contribution in [2.75, 3.05) is 13.7 Å². The molecule has 2 heterocycles. The number of aromatic nitrogens is 3. The Hall–Kier alpha value is -1.43. The van der Waals surface area contributed by atoms with Crippen molar-refractivity contribution in [1.82, 2.24) is 15.0 Å². The lowest BCUT2D eigenvalue weighted by Gasteiger charge is -2.38. The van der Waals surface area contributed by atoms with Gasteiger partial charge in [0.15, 0.2) is 5.69 Å². The topological polar surface area (TPSA) is 66.2 Å². The first-order valence-electron chi connectivity index (χ1n) is 6.87. The number of methoxy groups -OCH3 is 1. The largest absolute Gasteiger partial charge is 0.464 e. The molecule has 0 N–H and O–H groups in total. The van der Waals surface area contributed by atoms with Crippen LogP contribution in [0.5, 0.6) is 0 Å². The molecule has 2 aliphatic rings. The lowest BCUT2D eigenvalue weighted by atomic mass is 9.89. The van der Waals surface area contributed by atoms with E-state index in [9.17, 15) is 4.79 Å². The van der Waals surface area contributed by atoms with Crippen LogP contribution >= 0.6 is 0 Å². The van der Waals surface area contributed by atoms with E-state index in [0.29, 0.717) is 0 Å². The quantitative estimate of drug-likeness (QED) is 0.762. The molecular formula is C13H19N3O3. The summed E-state index contributed by atoms with van der Waals surface area (Å²) in [7, 11) is 1.35. The number of carbonyl (C=O) groups excluding carboxylic acids is 1. The highest BCUT2D eigenvalue weighted by atomic mass is 16.5. The molecule has 0 radical (unpaired) electrons.